The first kappa shape index (κ1) is 17.7. The summed E-state index contributed by atoms with van der Waals surface area (Å²) in [7, 11) is 2.17. The topological polar surface area (TPSA) is 70.2 Å². The number of likely N-dealkylation sites (N-methyl/N-ethyl adjacent to an activating group) is 1. The van der Waals surface area contributed by atoms with Gasteiger partial charge in [-0.1, -0.05) is 0 Å². The van der Waals surface area contributed by atoms with Crippen molar-refractivity contribution in [2.24, 2.45) is 0 Å². The van der Waals surface area contributed by atoms with E-state index in [9.17, 15) is 0 Å². The molecule has 7 heteroatoms. The molecule has 0 radical (unpaired) electrons. The average Bonchev–Trinajstić information content (AvgIpc) is 3.07. The van der Waals surface area contributed by atoms with Gasteiger partial charge in [-0.05, 0) is 46.0 Å². The second-order valence-corrected chi connectivity index (χ2v) is 7.48. The first-order valence-corrected chi connectivity index (χ1v) is 9.43. The molecular weight excluding hydrogens is 340 g/mol. The summed E-state index contributed by atoms with van der Waals surface area (Å²) < 4.78 is 5.84. The van der Waals surface area contributed by atoms with E-state index in [1.165, 1.54) is 0 Å². The van der Waals surface area contributed by atoms with Crippen LogP contribution in [0.5, 0.6) is 5.75 Å². The predicted molar refractivity (Wildman–Crippen MR) is 107 cm³/mol. The number of benzene rings is 1. The number of ether oxygens (including phenoxy) is 1. The molecule has 1 aliphatic heterocycles. The third-order valence-electron chi connectivity index (χ3n) is 5.09. The van der Waals surface area contributed by atoms with Crippen molar-refractivity contribution in [1.82, 2.24) is 25.1 Å². The molecule has 3 aromatic rings. The van der Waals surface area contributed by atoms with Gasteiger partial charge in [-0.3, -0.25) is 5.10 Å². The van der Waals surface area contributed by atoms with Crippen LogP contribution in [0.4, 0.5) is 5.82 Å². The van der Waals surface area contributed by atoms with E-state index < -0.39 is 0 Å². The van der Waals surface area contributed by atoms with Gasteiger partial charge < -0.3 is 14.5 Å². The van der Waals surface area contributed by atoms with E-state index >= 15 is 0 Å². The number of fused-ring (bicyclic) bond motifs is 1. The SMILES string of the molecule is CC(C)Oc1ccc2[nH]nc(-c3cc(N4CCN(C)[C@@H](C)C4)ncn3)c2c1. The van der Waals surface area contributed by atoms with Gasteiger partial charge in [0.15, 0.2) is 0 Å². The molecule has 0 saturated carbocycles. The Bertz CT molecular complexity index is 937. The molecule has 0 spiro atoms. The van der Waals surface area contributed by atoms with Gasteiger partial charge in [-0.25, -0.2) is 9.97 Å². The number of hydrogen-bond donors (Lipinski definition) is 1. The fourth-order valence-electron chi connectivity index (χ4n) is 3.44. The maximum Gasteiger partial charge on any atom is 0.132 e. The van der Waals surface area contributed by atoms with Crippen molar-refractivity contribution < 1.29 is 4.74 Å². The lowest BCUT2D eigenvalue weighted by Gasteiger charge is -2.38. The van der Waals surface area contributed by atoms with Gasteiger partial charge in [0, 0.05) is 37.1 Å². The number of nitrogens with one attached hydrogen (secondary N) is 1. The van der Waals surface area contributed by atoms with E-state index in [1.807, 2.05) is 38.1 Å². The number of piperazine rings is 1. The van der Waals surface area contributed by atoms with E-state index in [-0.39, 0.29) is 6.10 Å². The first-order valence-electron chi connectivity index (χ1n) is 9.43. The van der Waals surface area contributed by atoms with Crippen molar-refractivity contribution in [3.05, 3.63) is 30.6 Å². The molecule has 0 bridgehead atoms. The quantitative estimate of drug-likeness (QED) is 0.766. The zero-order valence-electron chi connectivity index (χ0n) is 16.3. The molecule has 0 amide bonds. The van der Waals surface area contributed by atoms with E-state index in [0.717, 1.165) is 53.5 Å². The van der Waals surface area contributed by atoms with Crippen LogP contribution < -0.4 is 9.64 Å². The van der Waals surface area contributed by atoms with Gasteiger partial charge in [-0.15, -0.1) is 0 Å². The molecule has 1 atom stereocenters. The van der Waals surface area contributed by atoms with E-state index in [4.69, 9.17) is 4.74 Å². The third-order valence-corrected chi connectivity index (χ3v) is 5.09. The lowest BCUT2D eigenvalue weighted by Crippen LogP contribution is -2.50. The van der Waals surface area contributed by atoms with Gasteiger partial charge >= 0.3 is 0 Å². The Morgan fingerprint density at radius 2 is 2.04 bits per heavy atom. The highest BCUT2D eigenvalue weighted by molar-refractivity contribution is 5.93. The van der Waals surface area contributed by atoms with Crippen LogP contribution >= 0.6 is 0 Å². The lowest BCUT2D eigenvalue weighted by molar-refractivity contribution is 0.233. The fraction of sp³-hybridized carbons (Fsp3) is 0.450. The molecular formula is C20H26N6O. The Kier molecular flexibility index (Phi) is 4.70. The highest BCUT2D eigenvalue weighted by Crippen LogP contribution is 2.30. The summed E-state index contributed by atoms with van der Waals surface area (Å²) in [5.41, 5.74) is 2.61. The van der Waals surface area contributed by atoms with Crippen LogP contribution in [0.2, 0.25) is 0 Å². The van der Waals surface area contributed by atoms with Gasteiger partial charge in [0.2, 0.25) is 0 Å². The smallest absolute Gasteiger partial charge is 0.132 e. The van der Waals surface area contributed by atoms with Crippen LogP contribution in [-0.4, -0.2) is 63.9 Å². The summed E-state index contributed by atoms with van der Waals surface area (Å²) in [6.07, 6.45) is 1.76. The van der Waals surface area contributed by atoms with Crippen molar-refractivity contribution >= 4 is 16.7 Å². The first-order chi connectivity index (χ1) is 13.0. The predicted octanol–water partition coefficient (Wildman–Crippen LogP) is 2.95. The van der Waals surface area contributed by atoms with E-state index in [1.54, 1.807) is 6.33 Å². The van der Waals surface area contributed by atoms with Gasteiger partial charge in [0.1, 0.15) is 23.6 Å². The summed E-state index contributed by atoms with van der Waals surface area (Å²) in [6, 6.07) is 8.51. The van der Waals surface area contributed by atoms with E-state index in [2.05, 4.69) is 43.9 Å². The normalized spacial score (nSPS) is 18.4. The fourth-order valence-corrected chi connectivity index (χ4v) is 3.44. The molecule has 0 unspecified atom stereocenters. The summed E-state index contributed by atoms with van der Waals surface area (Å²) in [5.74, 6) is 1.79. The highest BCUT2D eigenvalue weighted by Gasteiger charge is 2.22. The van der Waals surface area contributed by atoms with Crippen LogP contribution in [0.3, 0.4) is 0 Å². The highest BCUT2D eigenvalue weighted by atomic mass is 16.5. The van der Waals surface area contributed by atoms with Crippen molar-refractivity contribution in [1.29, 1.82) is 0 Å². The van der Waals surface area contributed by atoms with Gasteiger partial charge in [-0.2, -0.15) is 5.10 Å². The Labute approximate surface area is 159 Å². The van der Waals surface area contributed by atoms with Crippen molar-refractivity contribution in [2.75, 3.05) is 31.6 Å². The number of hydrogen-bond acceptors (Lipinski definition) is 6. The molecule has 4 rings (SSSR count). The molecule has 142 valence electrons. The second-order valence-electron chi connectivity index (χ2n) is 7.48. The maximum absolute atomic E-state index is 5.84. The molecule has 0 aliphatic carbocycles. The van der Waals surface area contributed by atoms with Crippen LogP contribution in [-0.2, 0) is 0 Å². The lowest BCUT2D eigenvalue weighted by atomic mass is 10.1. The molecule has 1 aliphatic rings. The Balaban J connectivity index is 1.67. The van der Waals surface area contributed by atoms with Crippen molar-refractivity contribution in [3.8, 4) is 17.1 Å². The summed E-state index contributed by atoms with van der Waals surface area (Å²) >= 11 is 0. The van der Waals surface area contributed by atoms with Crippen LogP contribution in [0.1, 0.15) is 20.8 Å². The number of nitrogens with zero attached hydrogens (tertiary/aromatic N) is 5. The van der Waals surface area contributed by atoms with Crippen LogP contribution in [0, 0.1) is 0 Å². The molecule has 2 aromatic heterocycles. The van der Waals surface area contributed by atoms with Crippen molar-refractivity contribution in [2.45, 2.75) is 32.9 Å². The minimum absolute atomic E-state index is 0.127. The standard InChI is InChI=1S/C20H26N6O/c1-13(2)27-15-5-6-17-16(9-15)20(24-23-17)18-10-19(22-12-21-18)26-8-7-25(4)14(3)11-26/h5-6,9-10,12-14H,7-8,11H2,1-4H3,(H,23,24)/t14-/m0/s1. The largest absolute Gasteiger partial charge is 0.491 e. The summed E-state index contributed by atoms with van der Waals surface area (Å²) in [5, 5.41) is 8.60. The average molecular weight is 366 g/mol. The molecule has 1 N–H and O–H groups in total. The molecule has 27 heavy (non-hydrogen) atoms. The number of rotatable bonds is 4. The minimum Gasteiger partial charge on any atom is -0.491 e. The summed E-state index contributed by atoms with van der Waals surface area (Å²) in [6.45, 7) is 9.24. The van der Waals surface area contributed by atoms with E-state index in [0.29, 0.717) is 6.04 Å². The molecule has 3 heterocycles. The number of anilines is 1. The molecule has 1 fully saturated rings. The third kappa shape index (κ3) is 3.60. The zero-order valence-corrected chi connectivity index (χ0v) is 16.3. The molecule has 1 aromatic carbocycles. The minimum atomic E-state index is 0.127. The Morgan fingerprint density at radius 3 is 2.81 bits per heavy atom. The van der Waals surface area contributed by atoms with Gasteiger partial charge in [0.05, 0.1) is 17.3 Å². The summed E-state index contributed by atoms with van der Waals surface area (Å²) in [4.78, 5) is 13.7. The number of aromatic amines is 1. The Hall–Kier alpha value is -2.67. The van der Waals surface area contributed by atoms with Gasteiger partial charge in [0.25, 0.3) is 0 Å². The van der Waals surface area contributed by atoms with Crippen LogP contribution in [0.15, 0.2) is 30.6 Å². The Morgan fingerprint density at radius 1 is 1.19 bits per heavy atom. The number of H-pyrrole nitrogens is 1. The molecule has 1 saturated heterocycles. The second kappa shape index (κ2) is 7.15. The number of aromatic nitrogens is 4. The molecule has 7 nitrogen and oxygen atoms in total. The van der Waals surface area contributed by atoms with Crippen LogP contribution in [0.25, 0.3) is 22.3 Å². The maximum atomic E-state index is 5.84. The van der Waals surface area contributed by atoms with Crippen molar-refractivity contribution in [3.63, 3.8) is 0 Å². The monoisotopic (exact) mass is 366 g/mol. The zero-order chi connectivity index (χ0) is 19.0.